The van der Waals surface area contributed by atoms with Crippen LogP contribution in [0.15, 0.2) is 28.7 Å². The summed E-state index contributed by atoms with van der Waals surface area (Å²) < 4.78 is 13.8. The first kappa shape index (κ1) is 14.1. The van der Waals surface area contributed by atoms with E-state index < -0.39 is 0 Å². The highest BCUT2D eigenvalue weighted by molar-refractivity contribution is 9.10. The predicted octanol–water partition coefficient (Wildman–Crippen LogP) is 4.69. The van der Waals surface area contributed by atoms with E-state index in [1.54, 1.807) is 23.5 Å². The summed E-state index contributed by atoms with van der Waals surface area (Å²) in [7, 11) is 0. The van der Waals surface area contributed by atoms with Crippen molar-refractivity contribution in [2.75, 3.05) is 11.1 Å². The summed E-state index contributed by atoms with van der Waals surface area (Å²) in [5.41, 5.74) is 1.73. The third-order valence-corrected chi connectivity index (χ3v) is 5.92. The second-order valence-corrected chi connectivity index (χ2v) is 7.54. The lowest BCUT2D eigenvalue weighted by molar-refractivity contribution is 0.103. The number of carbonyl (C=O) groups is 1. The summed E-state index contributed by atoms with van der Waals surface area (Å²) in [6, 6.07) is 6.53. The van der Waals surface area contributed by atoms with Gasteiger partial charge in [-0.1, -0.05) is 0 Å². The van der Waals surface area contributed by atoms with Gasteiger partial charge < -0.3 is 5.32 Å². The van der Waals surface area contributed by atoms with E-state index in [0.717, 1.165) is 17.9 Å². The largest absolute Gasteiger partial charge is 0.321 e. The summed E-state index contributed by atoms with van der Waals surface area (Å²) >= 11 is 6.52. The molecule has 0 bridgehead atoms. The van der Waals surface area contributed by atoms with Crippen molar-refractivity contribution in [2.24, 2.45) is 0 Å². The van der Waals surface area contributed by atoms with Gasteiger partial charge in [-0.3, -0.25) is 4.79 Å². The van der Waals surface area contributed by atoms with Gasteiger partial charge in [0.1, 0.15) is 5.82 Å². The molecule has 2 heterocycles. The normalized spacial score (nSPS) is 13.9. The molecule has 3 rings (SSSR count). The van der Waals surface area contributed by atoms with Crippen molar-refractivity contribution < 1.29 is 9.18 Å². The molecule has 1 aromatic carbocycles. The van der Waals surface area contributed by atoms with Gasteiger partial charge in [0.05, 0.1) is 9.35 Å². The number of hydrogen-bond donors (Lipinski definition) is 1. The number of halogens is 2. The number of benzene rings is 1. The zero-order valence-electron chi connectivity index (χ0n) is 10.4. The number of fused-ring (bicyclic) bond motifs is 1. The standard InChI is InChI=1S/C14H11BrFNOS2/c15-10-2-1-9(6-11(10)16)17-14(18)13-5-8-7-19-4-3-12(8)20-13/h1-2,5-6H,3-4,7H2,(H,17,18). The van der Waals surface area contributed by atoms with E-state index in [1.165, 1.54) is 16.5 Å². The van der Waals surface area contributed by atoms with E-state index in [-0.39, 0.29) is 11.7 Å². The molecule has 0 aliphatic carbocycles. The van der Waals surface area contributed by atoms with Crippen LogP contribution in [0.3, 0.4) is 0 Å². The Kier molecular flexibility index (Phi) is 4.14. The number of anilines is 1. The van der Waals surface area contributed by atoms with Crippen molar-refractivity contribution in [1.29, 1.82) is 0 Å². The first-order chi connectivity index (χ1) is 9.63. The number of thioether (sulfide) groups is 1. The molecule has 0 unspecified atom stereocenters. The molecule has 0 saturated carbocycles. The molecule has 2 nitrogen and oxygen atoms in total. The Balaban J connectivity index is 1.78. The van der Waals surface area contributed by atoms with Gasteiger partial charge in [-0.25, -0.2) is 4.39 Å². The van der Waals surface area contributed by atoms with Gasteiger partial charge in [0.15, 0.2) is 0 Å². The highest BCUT2D eigenvalue weighted by Crippen LogP contribution is 2.32. The fraction of sp³-hybridized carbons (Fsp3) is 0.214. The number of aryl methyl sites for hydroxylation is 1. The molecule has 6 heteroatoms. The van der Waals surface area contributed by atoms with Crippen molar-refractivity contribution in [3.63, 3.8) is 0 Å². The summed E-state index contributed by atoms with van der Waals surface area (Å²) in [5.74, 6) is 1.54. The van der Waals surface area contributed by atoms with Gasteiger partial charge in [0.2, 0.25) is 0 Å². The van der Waals surface area contributed by atoms with Crippen LogP contribution in [-0.4, -0.2) is 11.7 Å². The average molecular weight is 372 g/mol. The Hall–Kier alpha value is -0.850. The van der Waals surface area contributed by atoms with Gasteiger partial charge in [-0.2, -0.15) is 11.8 Å². The number of carbonyl (C=O) groups excluding carboxylic acids is 1. The SMILES string of the molecule is O=C(Nc1ccc(Br)c(F)c1)c1cc2c(s1)CCSC2. The number of thiophene rings is 1. The Morgan fingerprint density at radius 2 is 2.20 bits per heavy atom. The zero-order chi connectivity index (χ0) is 14.1. The molecule has 0 spiro atoms. The van der Waals surface area contributed by atoms with Crippen LogP contribution in [0.5, 0.6) is 0 Å². The Morgan fingerprint density at radius 1 is 1.35 bits per heavy atom. The minimum Gasteiger partial charge on any atom is -0.321 e. The molecule has 0 fully saturated rings. The molecular formula is C14H11BrFNOS2. The maximum Gasteiger partial charge on any atom is 0.265 e. The van der Waals surface area contributed by atoms with Gasteiger partial charge in [-0.05, 0) is 57.9 Å². The highest BCUT2D eigenvalue weighted by Gasteiger charge is 2.17. The molecule has 1 aromatic heterocycles. The lowest BCUT2D eigenvalue weighted by Gasteiger charge is -2.08. The minimum absolute atomic E-state index is 0.170. The fourth-order valence-corrected chi connectivity index (χ4v) is 4.54. The first-order valence-electron chi connectivity index (χ1n) is 6.09. The van der Waals surface area contributed by atoms with E-state index in [9.17, 15) is 9.18 Å². The van der Waals surface area contributed by atoms with Gasteiger partial charge in [0, 0.05) is 16.3 Å². The second kappa shape index (κ2) is 5.87. The van der Waals surface area contributed by atoms with E-state index in [0.29, 0.717) is 15.0 Å². The van der Waals surface area contributed by atoms with Crippen LogP contribution in [0.1, 0.15) is 20.1 Å². The number of amides is 1. The summed E-state index contributed by atoms with van der Waals surface area (Å²) in [5, 5.41) is 2.74. The zero-order valence-corrected chi connectivity index (χ0v) is 13.6. The van der Waals surface area contributed by atoms with Gasteiger partial charge in [0.25, 0.3) is 5.91 Å². The van der Waals surface area contributed by atoms with E-state index in [1.807, 2.05) is 17.8 Å². The maximum absolute atomic E-state index is 13.4. The molecular weight excluding hydrogens is 361 g/mol. The molecule has 0 saturated heterocycles. The molecule has 0 radical (unpaired) electrons. The fourth-order valence-electron chi connectivity index (χ4n) is 2.03. The average Bonchev–Trinajstić information content (AvgIpc) is 2.87. The van der Waals surface area contributed by atoms with Crippen LogP contribution >= 0.6 is 39.0 Å². The molecule has 104 valence electrons. The number of rotatable bonds is 2. The first-order valence-corrected chi connectivity index (χ1v) is 8.85. The third-order valence-electron chi connectivity index (χ3n) is 3.03. The monoisotopic (exact) mass is 371 g/mol. The van der Waals surface area contributed by atoms with Gasteiger partial charge >= 0.3 is 0 Å². The van der Waals surface area contributed by atoms with Crippen LogP contribution in [0.2, 0.25) is 0 Å². The summed E-state index contributed by atoms with van der Waals surface area (Å²) in [6.45, 7) is 0. The minimum atomic E-state index is -0.385. The van der Waals surface area contributed by atoms with Crippen molar-refractivity contribution in [1.82, 2.24) is 0 Å². The van der Waals surface area contributed by atoms with Gasteiger partial charge in [-0.15, -0.1) is 11.3 Å². The molecule has 1 N–H and O–H groups in total. The van der Waals surface area contributed by atoms with E-state index in [2.05, 4.69) is 21.2 Å². The quantitative estimate of drug-likeness (QED) is 0.829. The Labute approximate surface area is 132 Å². The molecule has 1 aliphatic rings. The van der Waals surface area contributed by atoms with Crippen molar-refractivity contribution in [3.05, 3.63) is 49.9 Å². The maximum atomic E-state index is 13.4. The number of hydrogen-bond acceptors (Lipinski definition) is 3. The Bertz CT molecular complexity index is 648. The van der Waals surface area contributed by atoms with E-state index >= 15 is 0 Å². The topological polar surface area (TPSA) is 29.1 Å². The highest BCUT2D eigenvalue weighted by atomic mass is 79.9. The van der Waals surface area contributed by atoms with Crippen LogP contribution in [0.4, 0.5) is 10.1 Å². The smallest absolute Gasteiger partial charge is 0.265 e. The van der Waals surface area contributed by atoms with Crippen LogP contribution in [-0.2, 0) is 12.2 Å². The molecule has 20 heavy (non-hydrogen) atoms. The summed E-state index contributed by atoms with van der Waals surface area (Å²) in [4.78, 5) is 14.2. The molecule has 1 amide bonds. The van der Waals surface area contributed by atoms with Crippen molar-refractivity contribution in [3.8, 4) is 0 Å². The van der Waals surface area contributed by atoms with E-state index in [4.69, 9.17) is 0 Å². The van der Waals surface area contributed by atoms with Crippen LogP contribution in [0, 0.1) is 5.82 Å². The Morgan fingerprint density at radius 3 is 2.95 bits per heavy atom. The second-order valence-electron chi connectivity index (χ2n) is 4.44. The predicted molar refractivity (Wildman–Crippen MR) is 86.2 cm³/mol. The lowest BCUT2D eigenvalue weighted by Crippen LogP contribution is -2.10. The van der Waals surface area contributed by atoms with Crippen molar-refractivity contribution >= 4 is 50.6 Å². The molecule has 0 atom stereocenters. The summed E-state index contributed by atoms with van der Waals surface area (Å²) in [6.07, 6.45) is 1.03. The molecule has 2 aromatic rings. The van der Waals surface area contributed by atoms with Crippen LogP contribution < -0.4 is 5.32 Å². The van der Waals surface area contributed by atoms with Crippen LogP contribution in [0.25, 0.3) is 0 Å². The molecule has 1 aliphatic heterocycles. The number of nitrogens with one attached hydrogen (secondary N) is 1. The lowest BCUT2D eigenvalue weighted by atomic mass is 10.2. The van der Waals surface area contributed by atoms with Crippen molar-refractivity contribution in [2.45, 2.75) is 12.2 Å². The third kappa shape index (κ3) is 2.92.